The molecule has 1 N–H and O–H groups in total. The Morgan fingerprint density at radius 3 is 2.35 bits per heavy atom. The number of alkyl halides is 2. The Morgan fingerprint density at radius 2 is 1.78 bits per heavy atom. The van der Waals surface area contributed by atoms with Gasteiger partial charge in [-0.15, -0.1) is 0 Å². The zero-order valence-corrected chi connectivity index (χ0v) is 14.9. The standard InChI is InChI=1S/C16H19Cl3N2O2/c17-12-4-1-11(2-5-12)3-6-14(22)21-9-7-13(8-10-21)20-16(23)15(18)19/h1-2,4-5,13,15H,3,6-10H2,(H,20,23). The molecule has 2 rings (SSSR count). The molecule has 0 aromatic heterocycles. The minimum Gasteiger partial charge on any atom is -0.351 e. The summed E-state index contributed by atoms with van der Waals surface area (Å²) in [6, 6.07) is 7.56. The number of carbonyl (C=O) groups excluding carboxylic acids is 2. The van der Waals surface area contributed by atoms with E-state index in [4.69, 9.17) is 34.8 Å². The van der Waals surface area contributed by atoms with E-state index in [2.05, 4.69) is 5.32 Å². The summed E-state index contributed by atoms with van der Waals surface area (Å²) < 4.78 is 0. The largest absolute Gasteiger partial charge is 0.351 e. The van der Waals surface area contributed by atoms with Gasteiger partial charge in [-0.1, -0.05) is 46.9 Å². The molecule has 1 aromatic carbocycles. The van der Waals surface area contributed by atoms with Crippen LogP contribution in [-0.4, -0.2) is 40.7 Å². The summed E-state index contributed by atoms with van der Waals surface area (Å²) in [4.78, 5) is 24.5. The number of carbonyl (C=O) groups is 2. The molecule has 0 radical (unpaired) electrons. The van der Waals surface area contributed by atoms with E-state index < -0.39 is 4.84 Å². The molecule has 1 saturated heterocycles. The normalized spacial score (nSPS) is 15.7. The molecule has 0 aliphatic carbocycles. The lowest BCUT2D eigenvalue weighted by Gasteiger charge is -2.32. The van der Waals surface area contributed by atoms with E-state index in [1.807, 2.05) is 29.2 Å². The van der Waals surface area contributed by atoms with Crippen molar-refractivity contribution < 1.29 is 9.59 Å². The van der Waals surface area contributed by atoms with E-state index in [0.717, 1.165) is 18.4 Å². The van der Waals surface area contributed by atoms with Gasteiger partial charge in [-0.3, -0.25) is 9.59 Å². The Morgan fingerprint density at radius 1 is 1.17 bits per heavy atom. The van der Waals surface area contributed by atoms with Crippen molar-refractivity contribution >= 4 is 46.6 Å². The van der Waals surface area contributed by atoms with Crippen LogP contribution in [0.3, 0.4) is 0 Å². The summed E-state index contributed by atoms with van der Waals surface area (Å²) in [7, 11) is 0. The smallest absolute Gasteiger partial charge is 0.253 e. The number of nitrogens with zero attached hydrogens (tertiary/aromatic N) is 1. The number of piperidine rings is 1. The molecule has 7 heteroatoms. The minimum absolute atomic E-state index is 0.0304. The molecule has 0 spiro atoms. The zero-order chi connectivity index (χ0) is 16.8. The predicted molar refractivity (Wildman–Crippen MR) is 93.0 cm³/mol. The Labute approximate surface area is 151 Å². The summed E-state index contributed by atoms with van der Waals surface area (Å²) in [6.07, 6.45) is 2.62. The molecule has 1 heterocycles. The number of benzene rings is 1. The molecule has 1 aromatic rings. The van der Waals surface area contributed by atoms with Gasteiger partial charge in [0.1, 0.15) is 0 Å². The van der Waals surface area contributed by atoms with Crippen LogP contribution in [0.25, 0.3) is 0 Å². The van der Waals surface area contributed by atoms with Gasteiger partial charge in [0.25, 0.3) is 5.91 Å². The molecule has 0 unspecified atom stereocenters. The second-order valence-corrected chi connectivity index (χ2v) is 7.12. The van der Waals surface area contributed by atoms with Crippen molar-refractivity contribution in [1.29, 1.82) is 0 Å². The number of rotatable bonds is 5. The third-order valence-electron chi connectivity index (χ3n) is 3.93. The van der Waals surface area contributed by atoms with Gasteiger partial charge in [0.15, 0.2) is 4.84 Å². The molecule has 126 valence electrons. The van der Waals surface area contributed by atoms with Gasteiger partial charge in [0.2, 0.25) is 5.91 Å². The number of likely N-dealkylation sites (tertiary alicyclic amines) is 1. The summed E-state index contributed by atoms with van der Waals surface area (Å²) >= 11 is 16.9. The van der Waals surface area contributed by atoms with Crippen LogP contribution >= 0.6 is 34.8 Å². The zero-order valence-electron chi connectivity index (χ0n) is 12.6. The monoisotopic (exact) mass is 376 g/mol. The fourth-order valence-electron chi connectivity index (χ4n) is 2.60. The first-order valence-electron chi connectivity index (χ1n) is 7.56. The quantitative estimate of drug-likeness (QED) is 0.801. The molecule has 1 aliphatic rings. The first-order chi connectivity index (χ1) is 11.0. The Bertz CT molecular complexity index is 541. The highest BCUT2D eigenvalue weighted by Crippen LogP contribution is 2.15. The number of aryl methyl sites for hydroxylation is 1. The van der Waals surface area contributed by atoms with E-state index in [9.17, 15) is 9.59 Å². The highest BCUT2D eigenvalue weighted by atomic mass is 35.5. The van der Waals surface area contributed by atoms with Gasteiger partial charge >= 0.3 is 0 Å². The molecular formula is C16H19Cl3N2O2. The first-order valence-corrected chi connectivity index (χ1v) is 8.81. The fourth-order valence-corrected chi connectivity index (χ4v) is 2.85. The maximum Gasteiger partial charge on any atom is 0.253 e. The Hall–Kier alpha value is -0.970. The van der Waals surface area contributed by atoms with Crippen molar-refractivity contribution in [2.24, 2.45) is 0 Å². The second-order valence-electron chi connectivity index (χ2n) is 5.59. The summed E-state index contributed by atoms with van der Waals surface area (Å²) in [5.74, 6) is -0.238. The van der Waals surface area contributed by atoms with Crippen LogP contribution in [0.15, 0.2) is 24.3 Å². The van der Waals surface area contributed by atoms with E-state index in [1.54, 1.807) is 0 Å². The number of amides is 2. The van der Waals surface area contributed by atoms with Gasteiger partial charge in [0.05, 0.1) is 0 Å². The number of hydrogen-bond acceptors (Lipinski definition) is 2. The lowest BCUT2D eigenvalue weighted by Crippen LogP contribution is -2.47. The van der Waals surface area contributed by atoms with Crippen LogP contribution in [0.1, 0.15) is 24.8 Å². The van der Waals surface area contributed by atoms with Crippen LogP contribution in [0.5, 0.6) is 0 Å². The topological polar surface area (TPSA) is 49.4 Å². The molecule has 0 saturated carbocycles. The molecule has 2 amide bonds. The van der Waals surface area contributed by atoms with Crippen molar-refractivity contribution in [2.75, 3.05) is 13.1 Å². The number of halogens is 3. The predicted octanol–water partition coefficient (Wildman–Crippen LogP) is 3.18. The van der Waals surface area contributed by atoms with E-state index >= 15 is 0 Å². The fraction of sp³-hybridized carbons (Fsp3) is 0.500. The third-order valence-corrected chi connectivity index (χ3v) is 4.58. The molecule has 4 nitrogen and oxygen atoms in total. The number of hydrogen-bond donors (Lipinski definition) is 1. The van der Waals surface area contributed by atoms with Crippen molar-refractivity contribution in [1.82, 2.24) is 10.2 Å². The lowest BCUT2D eigenvalue weighted by molar-refractivity contribution is -0.132. The molecule has 1 fully saturated rings. The first kappa shape index (κ1) is 18.4. The second kappa shape index (κ2) is 8.76. The summed E-state index contributed by atoms with van der Waals surface area (Å²) in [5, 5.41) is 3.48. The average molecular weight is 378 g/mol. The summed E-state index contributed by atoms with van der Waals surface area (Å²) in [5.41, 5.74) is 1.10. The third kappa shape index (κ3) is 5.87. The van der Waals surface area contributed by atoms with Crippen molar-refractivity contribution in [3.63, 3.8) is 0 Å². The van der Waals surface area contributed by atoms with Gasteiger partial charge in [-0.05, 0) is 37.0 Å². The Kier molecular flexibility index (Phi) is 7.00. The van der Waals surface area contributed by atoms with E-state index in [0.29, 0.717) is 31.0 Å². The van der Waals surface area contributed by atoms with Crippen molar-refractivity contribution in [3.05, 3.63) is 34.9 Å². The van der Waals surface area contributed by atoms with Gasteiger partial charge in [-0.25, -0.2) is 0 Å². The highest BCUT2D eigenvalue weighted by Gasteiger charge is 2.24. The van der Waals surface area contributed by atoms with Crippen LogP contribution in [0, 0.1) is 0 Å². The highest BCUT2D eigenvalue weighted by molar-refractivity contribution is 6.53. The minimum atomic E-state index is -1.05. The molecular weight excluding hydrogens is 359 g/mol. The van der Waals surface area contributed by atoms with E-state index in [-0.39, 0.29) is 17.9 Å². The maximum absolute atomic E-state index is 12.2. The van der Waals surface area contributed by atoms with Crippen LogP contribution in [-0.2, 0) is 16.0 Å². The van der Waals surface area contributed by atoms with Gasteiger partial charge < -0.3 is 10.2 Å². The molecule has 0 bridgehead atoms. The average Bonchev–Trinajstić information content (AvgIpc) is 2.54. The van der Waals surface area contributed by atoms with Crippen LogP contribution in [0.2, 0.25) is 5.02 Å². The van der Waals surface area contributed by atoms with E-state index in [1.165, 1.54) is 0 Å². The van der Waals surface area contributed by atoms with Crippen molar-refractivity contribution in [3.8, 4) is 0 Å². The number of nitrogens with one attached hydrogen (secondary N) is 1. The SMILES string of the molecule is O=C(NC1CCN(C(=O)CCc2ccc(Cl)cc2)CC1)C(Cl)Cl. The van der Waals surface area contributed by atoms with Gasteiger partial charge in [0, 0.05) is 30.6 Å². The van der Waals surface area contributed by atoms with Crippen LogP contribution in [0.4, 0.5) is 0 Å². The summed E-state index contributed by atoms with van der Waals surface area (Å²) in [6.45, 7) is 1.28. The molecule has 1 aliphatic heterocycles. The Balaban J connectivity index is 1.73. The lowest BCUT2D eigenvalue weighted by atomic mass is 10.0. The van der Waals surface area contributed by atoms with Crippen molar-refractivity contribution in [2.45, 2.75) is 36.6 Å². The van der Waals surface area contributed by atoms with Crippen LogP contribution < -0.4 is 5.32 Å². The molecule has 0 atom stereocenters. The maximum atomic E-state index is 12.2. The van der Waals surface area contributed by atoms with Gasteiger partial charge in [-0.2, -0.15) is 0 Å². The molecule has 23 heavy (non-hydrogen) atoms.